The van der Waals surface area contributed by atoms with Crippen LogP contribution in [0.15, 0.2) is 36.4 Å². The van der Waals surface area contributed by atoms with E-state index in [1.807, 2.05) is 0 Å². The molecule has 0 spiro atoms. The molecule has 0 aliphatic heterocycles. The predicted octanol–water partition coefficient (Wildman–Crippen LogP) is 5.26. The third-order valence-corrected chi connectivity index (χ3v) is 4.06. The third-order valence-electron chi connectivity index (χ3n) is 4.06. The zero-order chi connectivity index (χ0) is 17.6. The Morgan fingerprint density at radius 3 is 2.38 bits per heavy atom. The number of nitrogens with zero attached hydrogens (tertiary/aromatic N) is 1. The Hall–Kier alpha value is -2.63. The number of alkyl halides is 3. The van der Waals surface area contributed by atoms with Gasteiger partial charge in [-0.1, -0.05) is 12.1 Å². The van der Waals surface area contributed by atoms with Gasteiger partial charge in [-0.05, 0) is 49.2 Å². The molecule has 3 aromatic rings. The second-order valence-corrected chi connectivity index (χ2v) is 5.66. The SMILES string of the molecule is Cc1cc(C(F)(F)F)ccc1-c1nc2cccc(F)c2c(N)c1C. The number of pyridine rings is 1. The molecular formula is C18H14F4N2. The Balaban J connectivity index is 2.26. The van der Waals surface area contributed by atoms with Crippen molar-refractivity contribution in [2.24, 2.45) is 0 Å². The van der Waals surface area contributed by atoms with Gasteiger partial charge in [0, 0.05) is 11.3 Å². The van der Waals surface area contributed by atoms with Crippen molar-refractivity contribution in [3.63, 3.8) is 0 Å². The molecule has 0 amide bonds. The summed E-state index contributed by atoms with van der Waals surface area (Å²) in [6, 6.07) is 7.89. The Kier molecular flexibility index (Phi) is 3.70. The molecule has 0 bridgehead atoms. The van der Waals surface area contributed by atoms with Gasteiger partial charge >= 0.3 is 6.18 Å². The van der Waals surface area contributed by atoms with Crippen LogP contribution < -0.4 is 5.73 Å². The first kappa shape index (κ1) is 16.2. The van der Waals surface area contributed by atoms with Crippen LogP contribution in [0.25, 0.3) is 22.2 Å². The van der Waals surface area contributed by atoms with Gasteiger partial charge in [0.05, 0.1) is 22.2 Å². The largest absolute Gasteiger partial charge is 0.416 e. The van der Waals surface area contributed by atoms with Crippen molar-refractivity contribution in [1.82, 2.24) is 4.98 Å². The standard InChI is InChI=1S/C18H14F4N2/c1-9-8-11(18(20,21)22)6-7-12(9)17-10(2)16(23)15-13(19)4-3-5-14(15)24-17/h3-8H,1-2H3,(H2,23,24). The predicted molar refractivity (Wildman–Crippen MR) is 86.0 cm³/mol. The first-order chi connectivity index (χ1) is 11.2. The Morgan fingerprint density at radius 1 is 1.04 bits per heavy atom. The summed E-state index contributed by atoms with van der Waals surface area (Å²) in [6.45, 7) is 3.26. The highest BCUT2D eigenvalue weighted by Crippen LogP contribution is 2.36. The maximum absolute atomic E-state index is 14.0. The van der Waals surface area contributed by atoms with Crippen LogP contribution in [0.3, 0.4) is 0 Å². The average molecular weight is 334 g/mol. The number of hydrogen-bond acceptors (Lipinski definition) is 2. The monoisotopic (exact) mass is 334 g/mol. The number of anilines is 1. The van der Waals surface area contributed by atoms with Gasteiger partial charge in [-0.15, -0.1) is 0 Å². The van der Waals surface area contributed by atoms with Crippen molar-refractivity contribution < 1.29 is 17.6 Å². The number of hydrogen-bond donors (Lipinski definition) is 1. The van der Waals surface area contributed by atoms with E-state index in [1.165, 1.54) is 18.2 Å². The van der Waals surface area contributed by atoms with Gasteiger partial charge < -0.3 is 5.73 Å². The lowest BCUT2D eigenvalue weighted by Crippen LogP contribution is -2.06. The van der Waals surface area contributed by atoms with Crippen LogP contribution in [-0.4, -0.2) is 4.98 Å². The minimum Gasteiger partial charge on any atom is -0.398 e. The minimum absolute atomic E-state index is 0.225. The number of aryl methyl sites for hydroxylation is 1. The number of aromatic nitrogens is 1. The molecule has 0 fully saturated rings. The number of halogens is 4. The molecule has 2 nitrogen and oxygen atoms in total. The molecule has 0 aliphatic rings. The van der Waals surface area contributed by atoms with Gasteiger partial charge in [0.15, 0.2) is 0 Å². The zero-order valence-corrected chi connectivity index (χ0v) is 13.0. The van der Waals surface area contributed by atoms with E-state index in [1.54, 1.807) is 19.9 Å². The molecule has 3 rings (SSSR count). The highest BCUT2D eigenvalue weighted by Gasteiger charge is 2.31. The molecule has 0 saturated heterocycles. The van der Waals surface area contributed by atoms with Crippen molar-refractivity contribution in [2.45, 2.75) is 20.0 Å². The second-order valence-electron chi connectivity index (χ2n) is 5.66. The van der Waals surface area contributed by atoms with Crippen LogP contribution >= 0.6 is 0 Å². The van der Waals surface area contributed by atoms with Crippen LogP contribution in [0.1, 0.15) is 16.7 Å². The van der Waals surface area contributed by atoms with Crippen LogP contribution in [-0.2, 0) is 6.18 Å². The van der Waals surface area contributed by atoms with E-state index in [2.05, 4.69) is 4.98 Å². The number of benzene rings is 2. The molecule has 6 heteroatoms. The average Bonchev–Trinajstić information content (AvgIpc) is 2.50. The van der Waals surface area contributed by atoms with Gasteiger partial charge in [0.1, 0.15) is 5.82 Å². The first-order valence-corrected chi connectivity index (χ1v) is 7.22. The second kappa shape index (κ2) is 5.47. The van der Waals surface area contributed by atoms with Gasteiger partial charge in [-0.25, -0.2) is 9.37 Å². The van der Waals surface area contributed by atoms with Crippen molar-refractivity contribution >= 4 is 16.6 Å². The zero-order valence-electron chi connectivity index (χ0n) is 13.0. The maximum atomic E-state index is 14.0. The smallest absolute Gasteiger partial charge is 0.398 e. The van der Waals surface area contributed by atoms with Gasteiger partial charge in [0.2, 0.25) is 0 Å². The molecular weight excluding hydrogens is 320 g/mol. The van der Waals surface area contributed by atoms with Crippen LogP contribution in [0, 0.1) is 19.7 Å². The Morgan fingerprint density at radius 2 is 1.75 bits per heavy atom. The van der Waals surface area contributed by atoms with Gasteiger partial charge in [-0.3, -0.25) is 0 Å². The number of rotatable bonds is 1. The third kappa shape index (κ3) is 2.58. The van der Waals surface area contributed by atoms with E-state index < -0.39 is 17.6 Å². The van der Waals surface area contributed by atoms with Crippen LogP contribution in [0.4, 0.5) is 23.2 Å². The minimum atomic E-state index is -4.41. The lowest BCUT2D eigenvalue weighted by molar-refractivity contribution is -0.137. The highest BCUT2D eigenvalue weighted by atomic mass is 19.4. The molecule has 2 N–H and O–H groups in total. The number of nitrogens with two attached hydrogens (primary N) is 1. The fourth-order valence-electron chi connectivity index (χ4n) is 2.76. The van der Waals surface area contributed by atoms with E-state index in [4.69, 9.17) is 5.73 Å². The summed E-state index contributed by atoms with van der Waals surface area (Å²) < 4.78 is 52.4. The fraction of sp³-hybridized carbons (Fsp3) is 0.167. The van der Waals surface area contributed by atoms with Crippen LogP contribution in [0.2, 0.25) is 0 Å². The Labute approximate surface area is 135 Å². The maximum Gasteiger partial charge on any atom is 0.416 e. The van der Waals surface area contributed by atoms with E-state index in [-0.39, 0.29) is 11.1 Å². The molecule has 1 heterocycles. The summed E-state index contributed by atoms with van der Waals surface area (Å²) in [5.74, 6) is -0.476. The van der Waals surface area contributed by atoms with Gasteiger partial charge in [0.25, 0.3) is 0 Å². The summed E-state index contributed by atoms with van der Waals surface area (Å²) >= 11 is 0. The lowest BCUT2D eigenvalue weighted by Gasteiger charge is -2.15. The van der Waals surface area contributed by atoms with Crippen molar-refractivity contribution in [3.8, 4) is 11.3 Å². The molecule has 0 radical (unpaired) electrons. The first-order valence-electron chi connectivity index (χ1n) is 7.22. The van der Waals surface area contributed by atoms with E-state index in [0.717, 1.165) is 12.1 Å². The molecule has 0 aliphatic carbocycles. The summed E-state index contributed by atoms with van der Waals surface area (Å²) in [7, 11) is 0. The molecule has 0 saturated carbocycles. The van der Waals surface area contributed by atoms with E-state index >= 15 is 0 Å². The molecule has 0 atom stereocenters. The highest BCUT2D eigenvalue weighted by molar-refractivity contribution is 5.95. The van der Waals surface area contributed by atoms with E-state index in [9.17, 15) is 17.6 Å². The summed E-state index contributed by atoms with van der Waals surface area (Å²) in [6.07, 6.45) is -4.41. The quantitative estimate of drug-likeness (QED) is 0.617. The van der Waals surface area contributed by atoms with Crippen molar-refractivity contribution in [2.75, 3.05) is 5.73 Å². The van der Waals surface area contributed by atoms with Crippen molar-refractivity contribution in [3.05, 3.63) is 58.9 Å². The summed E-state index contributed by atoms with van der Waals surface area (Å²) in [4.78, 5) is 4.42. The molecule has 124 valence electrons. The van der Waals surface area contributed by atoms with E-state index in [0.29, 0.717) is 27.9 Å². The molecule has 2 aromatic carbocycles. The molecule has 1 aromatic heterocycles. The topological polar surface area (TPSA) is 38.9 Å². The number of fused-ring (bicyclic) bond motifs is 1. The summed E-state index contributed by atoms with van der Waals surface area (Å²) in [5, 5.41) is 0.225. The van der Waals surface area contributed by atoms with Gasteiger partial charge in [-0.2, -0.15) is 13.2 Å². The van der Waals surface area contributed by atoms with Crippen molar-refractivity contribution in [1.29, 1.82) is 0 Å². The fourth-order valence-corrected chi connectivity index (χ4v) is 2.76. The number of nitrogen functional groups attached to an aromatic ring is 1. The normalized spacial score (nSPS) is 11.9. The lowest BCUT2D eigenvalue weighted by atomic mass is 9.97. The molecule has 0 unspecified atom stereocenters. The Bertz CT molecular complexity index is 946. The van der Waals surface area contributed by atoms with Crippen LogP contribution in [0.5, 0.6) is 0 Å². The molecule has 24 heavy (non-hydrogen) atoms. The summed E-state index contributed by atoms with van der Waals surface area (Å²) in [5.41, 5.74) is 7.90.